The molecule has 0 aliphatic carbocycles. The normalized spacial score (nSPS) is 21.9. The highest BCUT2D eigenvalue weighted by Gasteiger charge is 2.39. The van der Waals surface area contributed by atoms with Gasteiger partial charge in [0.25, 0.3) is 5.91 Å². The molecule has 2 atom stereocenters. The van der Waals surface area contributed by atoms with Crippen molar-refractivity contribution >= 4 is 23.7 Å². The predicted molar refractivity (Wildman–Crippen MR) is 97.3 cm³/mol. The van der Waals surface area contributed by atoms with E-state index < -0.39 is 30.6 Å². The van der Waals surface area contributed by atoms with Crippen LogP contribution >= 0.6 is 0 Å². The first-order valence-electron chi connectivity index (χ1n) is 8.87. The molecule has 1 fully saturated rings. The van der Waals surface area contributed by atoms with Crippen molar-refractivity contribution in [1.82, 2.24) is 4.90 Å². The number of hydrogen-bond donors (Lipinski definition) is 2. The minimum Gasteiger partial charge on any atom is -0.484 e. The first kappa shape index (κ1) is 18.8. The number of furan rings is 1. The third-order valence-electron chi connectivity index (χ3n) is 4.70. The Balaban J connectivity index is 1.43. The SMILES string of the molecule is O=C1C(=Cc2ccco2)Oc2cc(OCC(=O)N3CC(O)CC3C(=O)O)ccc21. The Morgan fingerprint density at radius 1 is 1.31 bits per heavy atom. The summed E-state index contributed by atoms with van der Waals surface area (Å²) in [7, 11) is 0. The summed E-state index contributed by atoms with van der Waals surface area (Å²) >= 11 is 0. The number of β-amino-alcohol motifs (C(OH)–C–C–N with tert-alkyl or cyclic N) is 1. The van der Waals surface area contributed by atoms with Crippen molar-refractivity contribution in [3.63, 3.8) is 0 Å². The van der Waals surface area contributed by atoms with E-state index in [2.05, 4.69) is 0 Å². The van der Waals surface area contributed by atoms with Crippen LogP contribution in [-0.4, -0.2) is 58.1 Å². The van der Waals surface area contributed by atoms with E-state index in [0.29, 0.717) is 11.3 Å². The summed E-state index contributed by atoms with van der Waals surface area (Å²) in [5.41, 5.74) is 0.357. The number of benzene rings is 1. The summed E-state index contributed by atoms with van der Waals surface area (Å²) in [4.78, 5) is 37.0. The fourth-order valence-electron chi connectivity index (χ4n) is 3.31. The van der Waals surface area contributed by atoms with Gasteiger partial charge in [0, 0.05) is 25.1 Å². The summed E-state index contributed by atoms with van der Waals surface area (Å²) in [6.07, 6.45) is 2.08. The number of carbonyl (C=O) groups is 3. The molecule has 0 radical (unpaired) electrons. The molecule has 1 aromatic heterocycles. The standard InChI is InChI=1S/C20H17NO8/c22-11-6-15(20(25)26)21(9-11)18(23)10-28-13-3-4-14-16(7-13)29-17(19(14)24)8-12-2-1-5-27-12/h1-5,7-8,11,15,22H,6,9-10H2,(H,25,26). The molecule has 9 heteroatoms. The van der Waals surface area contributed by atoms with Crippen LogP contribution in [0.1, 0.15) is 22.5 Å². The Morgan fingerprint density at radius 2 is 2.14 bits per heavy atom. The zero-order valence-electron chi connectivity index (χ0n) is 15.1. The molecule has 9 nitrogen and oxygen atoms in total. The lowest BCUT2D eigenvalue weighted by Crippen LogP contribution is -2.42. The zero-order chi connectivity index (χ0) is 20.5. The second kappa shape index (κ2) is 7.44. The Labute approximate surface area is 164 Å². The van der Waals surface area contributed by atoms with Crippen LogP contribution in [0.4, 0.5) is 0 Å². The summed E-state index contributed by atoms with van der Waals surface area (Å²) in [5, 5.41) is 18.8. The highest BCUT2D eigenvalue weighted by Crippen LogP contribution is 2.35. The summed E-state index contributed by atoms with van der Waals surface area (Å²) < 4.78 is 16.2. The second-order valence-corrected chi connectivity index (χ2v) is 6.69. The van der Waals surface area contributed by atoms with Gasteiger partial charge in [-0.1, -0.05) is 0 Å². The number of allylic oxidation sites excluding steroid dienone is 1. The van der Waals surface area contributed by atoms with Gasteiger partial charge < -0.3 is 29.0 Å². The molecule has 2 aromatic rings. The Kier molecular flexibility index (Phi) is 4.81. The lowest BCUT2D eigenvalue weighted by atomic mass is 10.1. The zero-order valence-corrected chi connectivity index (χ0v) is 15.1. The van der Waals surface area contributed by atoms with Gasteiger partial charge in [0.05, 0.1) is 17.9 Å². The van der Waals surface area contributed by atoms with Crippen LogP contribution in [0.2, 0.25) is 0 Å². The van der Waals surface area contributed by atoms with E-state index in [-0.39, 0.29) is 36.0 Å². The monoisotopic (exact) mass is 399 g/mol. The molecule has 2 N–H and O–H groups in total. The van der Waals surface area contributed by atoms with Crippen molar-refractivity contribution in [1.29, 1.82) is 0 Å². The molecule has 1 aromatic carbocycles. The second-order valence-electron chi connectivity index (χ2n) is 6.69. The number of Topliss-reactive ketones (excluding diaryl/α,β-unsaturated/α-hetero) is 1. The third kappa shape index (κ3) is 3.72. The van der Waals surface area contributed by atoms with Crippen molar-refractivity contribution in [2.24, 2.45) is 0 Å². The largest absolute Gasteiger partial charge is 0.484 e. The maximum atomic E-state index is 12.4. The predicted octanol–water partition coefficient (Wildman–Crippen LogP) is 1.32. The van der Waals surface area contributed by atoms with E-state index in [0.717, 1.165) is 4.90 Å². The third-order valence-corrected chi connectivity index (χ3v) is 4.70. The molecule has 0 spiro atoms. The number of hydrogen-bond acceptors (Lipinski definition) is 7. The quantitative estimate of drug-likeness (QED) is 0.721. The molecule has 2 unspecified atom stereocenters. The van der Waals surface area contributed by atoms with Crippen LogP contribution < -0.4 is 9.47 Å². The topological polar surface area (TPSA) is 127 Å². The van der Waals surface area contributed by atoms with Gasteiger partial charge in [-0.15, -0.1) is 0 Å². The fraction of sp³-hybridized carbons (Fsp3) is 0.250. The van der Waals surface area contributed by atoms with Gasteiger partial charge in [0.2, 0.25) is 5.78 Å². The van der Waals surface area contributed by atoms with E-state index in [4.69, 9.17) is 13.9 Å². The van der Waals surface area contributed by atoms with E-state index in [1.807, 2.05) is 0 Å². The number of carboxylic acid groups (broad SMARTS) is 1. The number of aliphatic hydroxyl groups is 1. The molecule has 0 saturated carbocycles. The van der Waals surface area contributed by atoms with E-state index >= 15 is 0 Å². The van der Waals surface area contributed by atoms with Gasteiger partial charge in [0.1, 0.15) is 23.3 Å². The number of fused-ring (bicyclic) bond motifs is 1. The first-order valence-corrected chi connectivity index (χ1v) is 8.87. The summed E-state index contributed by atoms with van der Waals surface area (Å²) in [5.74, 6) is -0.856. The van der Waals surface area contributed by atoms with Crippen LogP contribution in [0.3, 0.4) is 0 Å². The van der Waals surface area contributed by atoms with Crippen molar-refractivity contribution in [3.8, 4) is 11.5 Å². The number of carbonyl (C=O) groups excluding carboxylic acids is 2. The molecule has 2 aliphatic rings. The summed E-state index contributed by atoms with van der Waals surface area (Å²) in [6, 6.07) is 6.84. The average Bonchev–Trinajstić information content (AvgIpc) is 3.40. The van der Waals surface area contributed by atoms with Gasteiger partial charge in [0.15, 0.2) is 12.4 Å². The number of rotatable bonds is 5. The lowest BCUT2D eigenvalue weighted by molar-refractivity contribution is -0.148. The molecule has 2 aliphatic heterocycles. The molecule has 29 heavy (non-hydrogen) atoms. The van der Waals surface area contributed by atoms with Gasteiger partial charge in [-0.05, 0) is 24.3 Å². The van der Waals surface area contributed by atoms with Crippen LogP contribution in [-0.2, 0) is 9.59 Å². The van der Waals surface area contributed by atoms with Crippen LogP contribution in [0.15, 0.2) is 46.8 Å². The molecular formula is C20H17NO8. The Morgan fingerprint density at radius 3 is 2.86 bits per heavy atom. The number of aliphatic hydroxyl groups excluding tert-OH is 1. The van der Waals surface area contributed by atoms with E-state index in [1.165, 1.54) is 30.5 Å². The lowest BCUT2D eigenvalue weighted by Gasteiger charge is -2.21. The Bertz CT molecular complexity index is 994. The molecular weight excluding hydrogens is 382 g/mol. The average molecular weight is 399 g/mol. The van der Waals surface area contributed by atoms with Crippen molar-refractivity contribution in [2.45, 2.75) is 18.6 Å². The van der Waals surface area contributed by atoms with Crippen LogP contribution in [0.5, 0.6) is 11.5 Å². The minimum absolute atomic E-state index is 0.0132. The number of likely N-dealkylation sites (tertiary alicyclic amines) is 1. The van der Waals surface area contributed by atoms with E-state index in [9.17, 15) is 24.6 Å². The van der Waals surface area contributed by atoms with Gasteiger partial charge in [-0.3, -0.25) is 9.59 Å². The number of carboxylic acids is 1. The molecule has 1 saturated heterocycles. The van der Waals surface area contributed by atoms with E-state index in [1.54, 1.807) is 12.1 Å². The highest BCUT2D eigenvalue weighted by molar-refractivity contribution is 6.14. The highest BCUT2D eigenvalue weighted by atomic mass is 16.5. The number of ketones is 1. The van der Waals surface area contributed by atoms with Crippen molar-refractivity contribution in [3.05, 3.63) is 53.7 Å². The number of amides is 1. The van der Waals surface area contributed by atoms with Crippen molar-refractivity contribution < 1.29 is 38.5 Å². The van der Waals surface area contributed by atoms with Crippen molar-refractivity contribution in [2.75, 3.05) is 13.2 Å². The smallest absolute Gasteiger partial charge is 0.326 e. The first-order chi connectivity index (χ1) is 13.9. The maximum Gasteiger partial charge on any atom is 0.326 e. The minimum atomic E-state index is -1.17. The summed E-state index contributed by atoms with van der Waals surface area (Å²) in [6.45, 7) is -0.458. The number of ether oxygens (including phenoxy) is 2. The number of aliphatic carboxylic acids is 1. The van der Waals surface area contributed by atoms with Gasteiger partial charge in [-0.2, -0.15) is 0 Å². The molecule has 3 heterocycles. The molecule has 1 amide bonds. The van der Waals surface area contributed by atoms with Gasteiger partial charge in [-0.25, -0.2) is 4.79 Å². The fourth-order valence-corrected chi connectivity index (χ4v) is 3.31. The van der Waals surface area contributed by atoms with Crippen LogP contribution in [0.25, 0.3) is 6.08 Å². The Hall–Kier alpha value is -3.59. The maximum absolute atomic E-state index is 12.4. The molecule has 0 bridgehead atoms. The van der Waals surface area contributed by atoms with Gasteiger partial charge >= 0.3 is 5.97 Å². The molecule has 150 valence electrons. The number of nitrogens with zero attached hydrogens (tertiary/aromatic N) is 1. The van der Waals surface area contributed by atoms with Crippen LogP contribution in [0, 0.1) is 0 Å². The molecule has 4 rings (SSSR count).